The molecular formula is C24H31N3O. The number of likely N-dealkylation sites (tertiary alicyclic amines) is 2. The van der Waals surface area contributed by atoms with E-state index in [0.29, 0.717) is 11.8 Å². The van der Waals surface area contributed by atoms with Gasteiger partial charge in [0.1, 0.15) is 0 Å². The molecule has 4 heteroatoms. The number of hydrogen-bond donors (Lipinski definition) is 0. The molecule has 1 aromatic heterocycles. The molecular weight excluding hydrogens is 346 g/mol. The molecule has 3 heterocycles. The van der Waals surface area contributed by atoms with E-state index >= 15 is 0 Å². The summed E-state index contributed by atoms with van der Waals surface area (Å²) in [5.41, 5.74) is 4.91. The van der Waals surface area contributed by atoms with Gasteiger partial charge in [0.05, 0.1) is 6.04 Å². The summed E-state index contributed by atoms with van der Waals surface area (Å²) in [6.07, 6.45) is 6.25. The zero-order valence-electron chi connectivity index (χ0n) is 17.1. The van der Waals surface area contributed by atoms with Crippen molar-refractivity contribution in [2.24, 2.45) is 0 Å². The number of nitrogens with zero attached hydrogens (tertiary/aromatic N) is 3. The van der Waals surface area contributed by atoms with Crippen molar-refractivity contribution < 1.29 is 4.79 Å². The third-order valence-electron chi connectivity index (χ3n) is 6.32. The van der Waals surface area contributed by atoms with Gasteiger partial charge in [0.2, 0.25) is 5.91 Å². The number of rotatable bonds is 4. The molecule has 0 bridgehead atoms. The molecule has 0 N–H and O–H groups in total. The third-order valence-corrected chi connectivity index (χ3v) is 6.32. The SMILES string of the molecule is Cc1ccc(CN2CCCC(N3CCC(c4ccc(C)cn4)CC3)C2=O)cc1. The van der Waals surface area contributed by atoms with Crippen molar-refractivity contribution in [1.29, 1.82) is 0 Å². The predicted octanol–water partition coefficient (Wildman–Crippen LogP) is 4.07. The third kappa shape index (κ3) is 4.27. The molecule has 2 aromatic rings. The number of amides is 1. The van der Waals surface area contributed by atoms with Gasteiger partial charge in [0.15, 0.2) is 0 Å². The Morgan fingerprint density at radius 3 is 2.32 bits per heavy atom. The van der Waals surface area contributed by atoms with Crippen LogP contribution >= 0.6 is 0 Å². The van der Waals surface area contributed by atoms with E-state index in [1.165, 1.54) is 22.4 Å². The van der Waals surface area contributed by atoms with Crippen molar-refractivity contribution in [2.45, 2.75) is 58.0 Å². The van der Waals surface area contributed by atoms with Crippen LogP contribution in [0, 0.1) is 13.8 Å². The first kappa shape index (κ1) is 19.1. The summed E-state index contributed by atoms with van der Waals surface area (Å²) in [4.78, 5) is 22.3. The number of pyridine rings is 1. The van der Waals surface area contributed by atoms with Gasteiger partial charge < -0.3 is 4.90 Å². The summed E-state index contributed by atoms with van der Waals surface area (Å²) in [6.45, 7) is 7.79. The molecule has 2 aliphatic rings. The first-order chi connectivity index (χ1) is 13.6. The van der Waals surface area contributed by atoms with E-state index in [9.17, 15) is 4.79 Å². The highest BCUT2D eigenvalue weighted by Crippen LogP contribution is 2.30. The van der Waals surface area contributed by atoms with Gasteiger partial charge >= 0.3 is 0 Å². The largest absolute Gasteiger partial charge is 0.337 e. The fourth-order valence-electron chi connectivity index (χ4n) is 4.56. The second-order valence-electron chi connectivity index (χ2n) is 8.47. The first-order valence-corrected chi connectivity index (χ1v) is 10.6. The van der Waals surface area contributed by atoms with Gasteiger partial charge in [-0.05, 0) is 69.8 Å². The number of aryl methyl sites for hydroxylation is 2. The summed E-state index contributed by atoms with van der Waals surface area (Å²) >= 11 is 0. The Bertz CT molecular complexity index is 792. The van der Waals surface area contributed by atoms with Crippen LogP contribution in [0.3, 0.4) is 0 Å². The van der Waals surface area contributed by atoms with Crippen molar-refractivity contribution in [3.8, 4) is 0 Å². The average molecular weight is 378 g/mol. The van der Waals surface area contributed by atoms with E-state index in [-0.39, 0.29) is 6.04 Å². The van der Waals surface area contributed by atoms with E-state index in [1.807, 2.05) is 6.20 Å². The van der Waals surface area contributed by atoms with Crippen LogP contribution in [0.25, 0.3) is 0 Å². The van der Waals surface area contributed by atoms with E-state index < -0.39 is 0 Å². The number of benzene rings is 1. The molecule has 2 saturated heterocycles. The minimum atomic E-state index is 0.0612. The molecule has 4 rings (SSSR count). The standard InChI is InChI=1S/C24H31N3O/c1-18-5-8-20(9-6-18)17-27-13-3-4-23(24(27)28)26-14-11-21(12-15-26)22-10-7-19(2)16-25-22/h5-10,16,21,23H,3-4,11-15,17H2,1-2H3. The van der Waals surface area contributed by atoms with E-state index in [1.54, 1.807) is 0 Å². The zero-order chi connectivity index (χ0) is 19.5. The quantitative estimate of drug-likeness (QED) is 0.806. The minimum Gasteiger partial charge on any atom is -0.337 e. The fourth-order valence-corrected chi connectivity index (χ4v) is 4.56. The molecule has 28 heavy (non-hydrogen) atoms. The highest BCUT2D eigenvalue weighted by Gasteiger charge is 2.35. The van der Waals surface area contributed by atoms with Crippen LogP contribution in [0.5, 0.6) is 0 Å². The van der Waals surface area contributed by atoms with E-state index in [4.69, 9.17) is 0 Å². The van der Waals surface area contributed by atoms with E-state index in [0.717, 1.165) is 51.9 Å². The topological polar surface area (TPSA) is 36.4 Å². The lowest BCUT2D eigenvalue weighted by Crippen LogP contribution is -2.53. The molecule has 0 radical (unpaired) electrons. The van der Waals surface area contributed by atoms with Gasteiger partial charge in [0.25, 0.3) is 0 Å². The Morgan fingerprint density at radius 2 is 1.64 bits per heavy atom. The molecule has 148 valence electrons. The van der Waals surface area contributed by atoms with Crippen molar-refractivity contribution in [3.05, 3.63) is 65.0 Å². The lowest BCUT2D eigenvalue weighted by atomic mass is 9.90. The predicted molar refractivity (Wildman–Crippen MR) is 112 cm³/mol. The maximum atomic E-state index is 13.2. The fraction of sp³-hybridized carbons (Fsp3) is 0.500. The van der Waals surface area contributed by atoms with Gasteiger partial charge in [-0.15, -0.1) is 0 Å². The van der Waals surface area contributed by atoms with Crippen molar-refractivity contribution in [1.82, 2.24) is 14.8 Å². The summed E-state index contributed by atoms with van der Waals surface area (Å²) in [5, 5.41) is 0. The second kappa shape index (κ2) is 8.44. The van der Waals surface area contributed by atoms with Gasteiger partial charge in [-0.3, -0.25) is 14.7 Å². The maximum Gasteiger partial charge on any atom is 0.240 e. The van der Waals surface area contributed by atoms with Crippen LogP contribution in [0.1, 0.15) is 54.0 Å². The van der Waals surface area contributed by atoms with Crippen LogP contribution in [-0.2, 0) is 11.3 Å². The molecule has 4 nitrogen and oxygen atoms in total. The summed E-state index contributed by atoms with van der Waals surface area (Å²) < 4.78 is 0. The van der Waals surface area contributed by atoms with Crippen LogP contribution < -0.4 is 0 Å². The van der Waals surface area contributed by atoms with Crippen molar-refractivity contribution in [2.75, 3.05) is 19.6 Å². The Hall–Kier alpha value is -2.20. The Morgan fingerprint density at radius 1 is 0.929 bits per heavy atom. The van der Waals surface area contributed by atoms with Crippen LogP contribution in [-0.4, -0.2) is 46.4 Å². The normalized spacial score (nSPS) is 21.9. The average Bonchev–Trinajstić information content (AvgIpc) is 2.72. The monoisotopic (exact) mass is 377 g/mol. The maximum absolute atomic E-state index is 13.2. The van der Waals surface area contributed by atoms with Gasteiger partial charge in [0, 0.05) is 30.9 Å². The molecule has 1 atom stereocenters. The molecule has 2 aliphatic heterocycles. The minimum absolute atomic E-state index is 0.0612. The van der Waals surface area contributed by atoms with Crippen molar-refractivity contribution >= 4 is 5.91 Å². The highest BCUT2D eigenvalue weighted by molar-refractivity contribution is 5.82. The lowest BCUT2D eigenvalue weighted by molar-refractivity contribution is -0.141. The molecule has 1 amide bonds. The lowest BCUT2D eigenvalue weighted by Gasteiger charge is -2.41. The highest BCUT2D eigenvalue weighted by atomic mass is 16.2. The summed E-state index contributed by atoms with van der Waals surface area (Å²) in [7, 11) is 0. The van der Waals surface area contributed by atoms with Crippen LogP contribution in [0.4, 0.5) is 0 Å². The molecule has 2 fully saturated rings. The van der Waals surface area contributed by atoms with Gasteiger partial charge in [-0.25, -0.2) is 0 Å². The van der Waals surface area contributed by atoms with Gasteiger partial charge in [-0.1, -0.05) is 35.9 Å². The number of carbonyl (C=O) groups excluding carboxylic acids is 1. The molecule has 1 aromatic carbocycles. The Kier molecular flexibility index (Phi) is 5.77. The summed E-state index contributed by atoms with van der Waals surface area (Å²) in [5.74, 6) is 0.845. The van der Waals surface area contributed by atoms with E-state index in [2.05, 4.69) is 65.0 Å². The summed E-state index contributed by atoms with van der Waals surface area (Å²) in [6, 6.07) is 12.9. The van der Waals surface area contributed by atoms with Crippen molar-refractivity contribution in [3.63, 3.8) is 0 Å². The number of piperidine rings is 2. The molecule has 1 unspecified atom stereocenters. The molecule has 0 aliphatic carbocycles. The zero-order valence-corrected chi connectivity index (χ0v) is 17.1. The Balaban J connectivity index is 1.36. The first-order valence-electron chi connectivity index (χ1n) is 10.6. The number of aromatic nitrogens is 1. The Labute approximate surface area is 168 Å². The van der Waals surface area contributed by atoms with Gasteiger partial charge in [-0.2, -0.15) is 0 Å². The number of carbonyl (C=O) groups is 1. The molecule has 0 saturated carbocycles. The smallest absolute Gasteiger partial charge is 0.240 e. The number of hydrogen-bond acceptors (Lipinski definition) is 3. The van der Waals surface area contributed by atoms with Crippen LogP contribution in [0.2, 0.25) is 0 Å². The second-order valence-corrected chi connectivity index (χ2v) is 8.47. The molecule has 0 spiro atoms. The van der Waals surface area contributed by atoms with Crippen LogP contribution in [0.15, 0.2) is 42.6 Å².